The number of carbonyl (C=O) groups is 1. The highest BCUT2D eigenvalue weighted by atomic mass is 16.5. The lowest BCUT2D eigenvalue weighted by atomic mass is 10.2. The summed E-state index contributed by atoms with van der Waals surface area (Å²) in [6.07, 6.45) is 0.0269. The van der Waals surface area contributed by atoms with Crippen molar-refractivity contribution in [3.8, 4) is 5.75 Å². The molecule has 1 amide bonds. The summed E-state index contributed by atoms with van der Waals surface area (Å²) in [6.45, 7) is 7.83. The average molecular weight is 288 g/mol. The van der Waals surface area contributed by atoms with Crippen molar-refractivity contribution in [2.24, 2.45) is 0 Å². The molecule has 0 aliphatic heterocycles. The Kier molecular flexibility index (Phi) is 4.57. The van der Waals surface area contributed by atoms with E-state index in [2.05, 4.69) is 20.5 Å². The molecule has 2 aromatic rings. The normalized spacial score (nSPS) is 11.0. The number of ether oxygens (including phenoxy) is 1. The highest BCUT2D eigenvalue weighted by Crippen LogP contribution is 2.25. The molecule has 0 aliphatic carbocycles. The van der Waals surface area contributed by atoms with Gasteiger partial charge < -0.3 is 10.1 Å². The van der Waals surface area contributed by atoms with Crippen molar-refractivity contribution in [3.05, 3.63) is 35.9 Å². The largest absolute Gasteiger partial charge is 0.489 e. The number of anilines is 1. The second-order valence-corrected chi connectivity index (χ2v) is 5.32. The van der Waals surface area contributed by atoms with Crippen molar-refractivity contribution in [1.29, 1.82) is 0 Å². The lowest BCUT2D eigenvalue weighted by molar-refractivity contribution is 0.101. The van der Waals surface area contributed by atoms with E-state index in [4.69, 9.17) is 4.74 Å². The first-order chi connectivity index (χ1) is 9.97. The van der Waals surface area contributed by atoms with E-state index in [0.29, 0.717) is 17.3 Å². The van der Waals surface area contributed by atoms with E-state index in [1.807, 2.05) is 45.9 Å². The molecule has 2 N–H and O–H groups in total. The Morgan fingerprint density at radius 1 is 1.24 bits per heavy atom. The third kappa shape index (κ3) is 3.81. The molecule has 21 heavy (non-hydrogen) atoms. The van der Waals surface area contributed by atoms with Crippen LogP contribution in [0.25, 0.3) is 0 Å². The molecule has 6 nitrogen and oxygen atoms in total. The molecule has 2 rings (SSSR count). The topological polar surface area (TPSA) is 79.9 Å². The summed E-state index contributed by atoms with van der Waals surface area (Å²) in [4.78, 5) is 16.4. The van der Waals surface area contributed by atoms with Gasteiger partial charge in [-0.15, -0.1) is 5.10 Å². The zero-order valence-electron chi connectivity index (χ0n) is 12.7. The maximum atomic E-state index is 12.2. The number of nitrogens with one attached hydrogen (secondary N) is 2. The molecule has 112 valence electrons. The summed E-state index contributed by atoms with van der Waals surface area (Å²) < 4.78 is 5.66. The summed E-state index contributed by atoms with van der Waals surface area (Å²) in [6, 6.07) is 7.29. The van der Waals surface area contributed by atoms with Crippen LogP contribution < -0.4 is 10.1 Å². The van der Waals surface area contributed by atoms with Crippen LogP contribution in [0.3, 0.4) is 0 Å². The third-order valence-corrected chi connectivity index (χ3v) is 2.75. The summed E-state index contributed by atoms with van der Waals surface area (Å²) in [7, 11) is 0. The van der Waals surface area contributed by atoms with Gasteiger partial charge in [-0.2, -0.15) is 0 Å². The standard InChI is InChI=1S/C15H20N4O2/c1-9(2)13-17-14(19-18-13)15(20)16-11-7-5-6-8-12(11)21-10(3)4/h5-10H,1-4H3,(H,16,20)(H,17,18,19). The monoisotopic (exact) mass is 288 g/mol. The Labute approximate surface area is 123 Å². The molecule has 1 heterocycles. The van der Waals surface area contributed by atoms with Gasteiger partial charge in [-0.3, -0.25) is 9.89 Å². The Bertz CT molecular complexity index is 620. The minimum atomic E-state index is -0.363. The number of aromatic nitrogens is 3. The van der Waals surface area contributed by atoms with Crippen molar-refractivity contribution in [2.45, 2.75) is 39.7 Å². The molecule has 0 unspecified atom stereocenters. The van der Waals surface area contributed by atoms with Crippen molar-refractivity contribution >= 4 is 11.6 Å². The van der Waals surface area contributed by atoms with Gasteiger partial charge in [-0.1, -0.05) is 26.0 Å². The number of H-pyrrole nitrogens is 1. The SMILES string of the molecule is CC(C)Oc1ccccc1NC(=O)c1n[nH]c(C(C)C)n1. The molecule has 0 radical (unpaired) electrons. The molecule has 0 saturated heterocycles. The molecule has 6 heteroatoms. The lowest BCUT2D eigenvalue weighted by Crippen LogP contribution is -2.16. The fourth-order valence-electron chi connectivity index (χ4n) is 1.74. The Hall–Kier alpha value is -2.37. The molecular formula is C15H20N4O2. The molecular weight excluding hydrogens is 268 g/mol. The smallest absolute Gasteiger partial charge is 0.295 e. The van der Waals surface area contributed by atoms with Crippen LogP contribution in [-0.2, 0) is 0 Å². The van der Waals surface area contributed by atoms with Crippen molar-refractivity contribution in [1.82, 2.24) is 15.2 Å². The summed E-state index contributed by atoms with van der Waals surface area (Å²) in [5, 5.41) is 9.48. The van der Waals surface area contributed by atoms with E-state index >= 15 is 0 Å². The maximum Gasteiger partial charge on any atom is 0.295 e. The van der Waals surface area contributed by atoms with Gasteiger partial charge in [0.05, 0.1) is 11.8 Å². The van der Waals surface area contributed by atoms with Crippen LogP contribution in [0.2, 0.25) is 0 Å². The van der Waals surface area contributed by atoms with Crippen LogP contribution in [0.5, 0.6) is 5.75 Å². The summed E-state index contributed by atoms with van der Waals surface area (Å²) >= 11 is 0. The molecule has 0 aliphatic rings. The number of hydrogen-bond donors (Lipinski definition) is 2. The predicted molar refractivity (Wildman–Crippen MR) is 80.6 cm³/mol. The molecule has 0 spiro atoms. The number of para-hydroxylation sites is 2. The van der Waals surface area contributed by atoms with Crippen molar-refractivity contribution < 1.29 is 9.53 Å². The van der Waals surface area contributed by atoms with Crippen LogP contribution in [-0.4, -0.2) is 27.2 Å². The third-order valence-electron chi connectivity index (χ3n) is 2.75. The van der Waals surface area contributed by atoms with Crippen LogP contribution in [0.4, 0.5) is 5.69 Å². The minimum absolute atomic E-state index is 0.0269. The van der Waals surface area contributed by atoms with Gasteiger partial charge in [-0.05, 0) is 26.0 Å². The van der Waals surface area contributed by atoms with Gasteiger partial charge in [-0.25, -0.2) is 4.98 Å². The first-order valence-corrected chi connectivity index (χ1v) is 6.96. The first kappa shape index (κ1) is 15.0. The highest BCUT2D eigenvalue weighted by Gasteiger charge is 2.16. The molecule has 0 saturated carbocycles. The highest BCUT2D eigenvalue weighted by molar-refractivity contribution is 6.02. The fraction of sp³-hybridized carbons (Fsp3) is 0.400. The van der Waals surface area contributed by atoms with E-state index in [1.54, 1.807) is 6.07 Å². The van der Waals surface area contributed by atoms with Crippen LogP contribution in [0, 0.1) is 0 Å². The number of aromatic amines is 1. The molecule has 0 bridgehead atoms. The van der Waals surface area contributed by atoms with Crippen molar-refractivity contribution in [3.63, 3.8) is 0 Å². The van der Waals surface area contributed by atoms with E-state index in [1.165, 1.54) is 0 Å². The van der Waals surface area contributed by atoms with Gasteiger partial charge in [0.15, 0.2) is 0 Å². The number of benzene rings is 1. The Balaban J connectivity index is 2.15. The molecule has 0 fully saturated rings. The summed E-state index contributed by atoms with van der Waals surface area (Å²) in [5.74, 6) is 1.26. The van der Waals surface area contributed by atoms with Gasteiger partial charge in [0, 0.05) is 5.92 Å². The second kappa shape index (κ2) is 6.39. The predicted octanol–water partition coefficient (Wildman–Crippen LogP) is 2.97. The lowest BCUT2D eigenvalue weighted by Gasteiger charge is -2.14. The van der Waals surface area contributed by atoms with Crippen molar-refractivity contribution in [2.75, 3.05) is 5.32 Å². The number of hydrogen-bond acceptors (Lipinski definition) is 4. The summed E-state index contributed by atoms with van der Waals surface area (Å²) in [5.41, 5.74) is 0.604. The van der Waals surface area contributed by atoms with Gasteiger partial charge in [0.1, 0.15) is 11.6 Å². The van der Waals surface area contributed by atoms with E-state index in [9.17, 15) is 4.79 Å². The number of amides is 1. The van der Waals surface area contributed by atoms with Gasteiger partial charge >= 0.3 is 0 Å². The van der Waals surface area contributed by atoms with Gasteiger partial charge in [0.25, 0.3) is 5.91 Å². The molecule has 1 aromatic carbocycles. The minimum Gasteiger partial charge on any atom is -0.489 e. The number of rotatable bonds is 5. The van der Waals surface area contributed by atoms with E-state index in [-0.39, 0.29) is 23.8 Å². The number of nitrogens with zero attached hydrogens (tertiary/aromatic N) is 2. The molecule has 1 aromatic heterocycles. The Morgan fingerprint density at radius 2 is 1.95 bits per heavy atom. The average Bonchev–Trinajstić information content (AvgIpc) is 2.90. The first-order valence-electron chi connectivity index (χ1n) is 6.96. The second-order valence-electron chi connectivity index (χ2n) is 5.32. The van der Waals surface area contributed by atoms with E-state index in [0.717, 1.165) is 0 Å². The number of carbonyl (C=O) groups excluding carboxylic acids is 1. The van der Waals surface area contributed by atoms with Gasteiger partial charge in [0.2, 0.25) is 5.82 Å². The van der Waals surface area contributed by atoms with E-state index < -0.39 is 0 Å². The zero-order chi connectivity index (χ0) is 15.4. The quantitative estimate of drug-likeness (QED) is 0.886. The maximum absolute atomic E-state index is 12.2. The molecule has 0 atom stereocenters. The van der Waals surface area contributed by atoms with Crippen LogP contribution in [0.1, 0.15) is 50.1 Å². The van der Waals surface area contributed by atoms with Crippen LogP contribution >= 0.6 is 0 Å². The fourth-order valence-corrected chi connectivity index (χ4v) is 1.74. The Morgan fingerprint density at radius 3 is 2.57 bits per heavy atom. The zero-order valence-corrected chi connectivity index (χ0v) is 12.7. The van der Waals surface area contributed by atoms with Crippen LogP contribution in [0.15, 0.2) is 24.3 Å².